The zero-order valence-electron chi connectivity index (χ0n) is 14.2. The van der Waals surface area contributed by atoms with E-state index in [1.165, 1.54) is 11.8 Å². The molecule has 1 aromatic heterocycles. The van der Waals surface area contributed by atoms with Crippen molar-refractivity contribution in [2.45, 2.75) is 38.8 Å². The Bertz CT molecular complexity index is 710. The number of H-pyrrole nitrogens is 1. The topological polar surface area (TPSA) is 55.0 Å². The van der Waals surface area contributed by atoms with E-state index in [1.54, 1.807) is 0 Å². The summed E-state index contributed by atoms with van der Waals surface area (Å²) in [5.74, 6) is 1.33. The van der Waals surface area contributed by atoms with Gasteiger partial charge in [0.1, 0.15) is 5.75 Å². The molecule has 1 N–H and O–H groups in total. The maximum Gasteiger partial charge on any atom is 0.255 e. The van der Waals surface area contributed by atoms with E-state index in [0.717, 1.165) is 29.0 Å². The second-order valence-electron chi connectivity index (χ2n) is 5.88. The lowest BCUT2D eigenvalue weighted by atomic mass is 10.0. The molecule has 23 heavy (non-hydrogen) atoms. The number of ether oxygens (including phenoxy) is 1. The molecule has 0 fully saturated rings. The fourth-order valence-electron chi connectivity index (χ4n) is 2.31. The van der Waals surface area contributed by atoms with Crippen LogP contribution in [0.4, 0.5) is 0 Å². The molecule has 4 nitrogen and oxygen atoms in total. The number of thioether (sulfide) groups is 1. The van der Waals surface area contributed by atoms with Gasteiger partial charge in [-0.2, -0.15) is 0 Å². The Morgan fingerprint density at radius 2 is 2.13 bits per heavy atom. The standard InChI is InChI=1S/C18H24N2O2S/c1-5-16-15(17(21)20-18(19-16)23-4)10-13-7-6-8-14(9-13)22-11-12(2)3/h6-9,12H,5,10-11H2,1-4H3,(H,19,20,21). The van der Waals surface area contributed by atoms with Crippen LogP contribution < -0.4 is 10.3 Å². The van der Waals surface area contributed by atoms with Crippen LogP contribution in [0.3, 0.4) is 0 Å². The molecule has 124 valence electrons. The summed E-state index contributed by atoms with van der Waals surface area (Å²) in [5.41, 5.74) is 2.62. The van der Waals surface area contributed by atoms with E-state index >= 15 is 0 Å². The second-order valence-corrected chi connectivity index (χ2v) is 6.68. The zero-order chi connectivity index (χ0) is 16.8. The summed E-state index contributed by atoms with van der Waals surface area (Å²) < 4.78 is 5.76. The van der Waals surface area contributed by atoms with Crippen LogP contribution in [0.25, 0.3) is 0 Å². The van der Waals surface area contributed by atoms with E-state index < -0.39 is 0 Å². The Hall–Kier alpha value is -1.75. The van der Waals surface area contributed by atoms with Crippen LogP contribution in [-0.2, 0) is 12.8 Å². The third-order valence-electron chi connectivity index (χ3n) is 3.47. The lowest BCUT2D eigenvalue weighted by Crippen LogP contribution is -2.19. The van der Waals surface area contributed by atoms with Crippen molar-refractivity contribution in [1.29, 1.82) is 0 Å². The molecule has 2 aromatic rings. The molecular weight excluding hydrogens is 308 g/mol. The van der Waals surface area contributed by atoms with Crippen molar-refractivity contribution in [2.75, 3.05) is 12.9 Å². The SMILES string of the molecule is CCc1nc(SC)[nH]c(=O)c1Cc1cccc(OCC(C)C)c1. The normalized spacial score (nSPS) is 11.0. The number of aryl methyl sites for hydroxylation is 1. The fraction of sp³-hybridized carbons (Fsp3) is 0.444. The van der Waals surface area contributed by atoms with Gasteiger partial charge in [-0.15, -0.1) is 0 Å². The number of benzene rings is 1. The summed E-state index contributed by atoms with van der Waals surface area (Å²) in [6.07, 6.45) is 3.22. The number of nitrogens with one attached hydrogen (secondary N) is 1. The van der Waals surface area contributed by atoms with Gasteiger partial charge in [-0.1, -0.05) is 44.7 Å². The van der Waals surface area contributed by atoms with E-state index in [2.05, 4.69) is 23.8 Å². The number of nitrogens with zero attached hydrogens (tertiary/aromatic N) is 1. The minimum Gasteiger partial charge on any atom is -0.493 e. The van der Waals surface area contributed by atoms with Crippen molar-refractivity contribution in [3.05, 3.63) is 51.4 Å². The molecule has 0 spiro atoms. The second kappa shape index (κ2) is 8.20. The minimum atomic E-state index is -0.0466. The molecule has 0 unspecified atom stereocenters. The first kappa shape index (κ1) is 17.6. The summed E-state index contributed by atoms with van der Waals surface area (Å²) in [6.45, 7) is 6.96. The van der Waals surface area contributed by atoms with Crippen molar-refractivity contribution in [1.82, 2.24) is 9.97 Å². The molecule has 0 aliphatic heterocycles. The van der Waals surface area contributed by atoms with Gasteiger partial charge >= 0.3 is 0 Å². The number of hydrogen-bond acceptors (Lipinski definition) is 4. The quantitative estimate of drug-likeness (QED) is 0.621. The third-order valence-corrected chi connectivity index (χ3v) is 4.05. The Morgan fingerprint density at radius 1 is 1.35 bits per heavy atom. The first-order valence-electron chi connectivity index (χ1n) is 7.91. The number of hydrogen-bond donors (Lipinski definition) is 1. The zero-order valence-corrected chi connectivity index (χ0v) is 15.0. The largest absolute Gasteiger partial charge is 0.493 e. The van der Waals surface area contributed by atoms with E-state index in [4.69, 9.17) is 4.74 Å². The van der Waals surface area contributed by atoms with Crippen molar-refractivity contribution in [3.63, 3.8) is 0 Å². The summed E-state index contributed by atoms with van der Waals surface area (Å²) in [6, 6.07) is 7.94. The summed E-state index contributed by atoms with van der Waals surface area (Å²) in [7, 11) is 0. The maximum atomic E-state index is 12.3. The van der Waals surface area contributed by atoms with Gasteiger partial charge < -0.3 is 9.72 Å². The lowest BCUT2D eigenvalue weighted by Gasteiger charge is -2.11. The number of rotatable bonds is 7. The Balaban J connectivity index is 2.25. The lowest BCUT2D eigenvalue weighted by molar-refractivity contribution is 0.271. The van der Waals surface area contributed by atoms with Gasteiger partial charge in [-0.25, -0.2) is 4.98 Å². The van der Waals surface area contributed by atoms with Crippen LogP contribution in [0.5, 0.6) is 5.75 Å². The molecule has 5 heteroatoms. The molecule has 1 aromatic carbocycles. The molecule has 2 rings (SSSR count). The van der Waals surface area contributed by atoms with Crippen LogP contribution in [0.15, 0.2) is 34.2 Å². The van der Waals surface area contributed by atoms with Gasteiger partial charge in [0.15, 0.2) is 5.16 Å². The molecule has 0 atom stereocenters. The predicted molar refractivity (Wildman–Crippen MR) is 95.6 cm³/mol. The van der Waals surface area contributed by atoms with Crippen molar-refractivity contribution < 1.29 is 4.74 Å². The van der Waals surface area contributed by atoms with Crippen LogP contribution in [0, 0.1) is 5.92 Å². The van der Waals surface area contributed by atoms with Gasteiger partial charge in [-0.3, -0.25) is 4.79 Å². The monoisotopic (exact) mass is 332 g/mol. The summed E-state index contributed by atoms with van der Waals surface area (Å²) in [5, 5.41) is 0.671. The smallest absolute Gasteiger partial charge is 0.255 e. The van der Waals surface area contributed by atoms with Crippen LogP contribution in [-0.4, -0.2) is 22.8 Å². The molecule has 0 bridgehead atoms. The Morgan fingerprint density at radius 3 is 2.78 bits per heavy atom. The van der Waals surface area contributed by atoms with Crippen LogP contribution >= 0.6 is 11.8 Å². The molecular formula is C18H24N2O2S. The highest BCUT2D eigenvalue weighted by Crippen LogP contribution is 2.18. The van der Waals surface area contributed by atoms with E-state index in [0.29, 0.717) is 24.1 Å². The van der Waals surface area contributed by atoms with E-state index in [-0.39, 0.29) is 5.56 Å². The predicted octanol–water partition coefficient (Wildman–Crippen LogP) is 3.68. The molecule has 0 saturated carbocycles. The van der Waals surface area contributed by atoms with E-state index in [1.807, 2.05) is 37.4 Å². The number of aromatic nitrogens is 2. The fourth-order valence-corrected chi connectivity index (χ4v) is 2.70. The molecule has 0 aliphatic rings. The van der Waals surface area contributed by atoms with Gasteiger partial charge in [0, 0.05) is 12.0 Å². The first-order chi connectivity index (χ1) is 11.0. The van der Waals surface area contributed by atoms with Gasteiger partial charge in [0.05, 0.1) is 12.3 Å². The highest BCUT2D eigenvalue weighted by molar-refractivity contribution is 7.98. The number of aromatic amines is 1. The third kappa shape index (κ3) is 4.86. The Labute approximate surface area is 141 Å². The molecule has 0 aliphatic carbocycles. The Kier molecular flexibility index (Phi) is 6.28. The first-order valence-corrected chi connectivity index (χ1v) is 9.13. The van der Waals surface area contributed by atoms with Gasteiger partial charge in [-0.05, 0) is 36.3 Å². The van der Waals surface area contributed by atoms with Crippen LogP contribution in [0.1, 0.15) is 37.6 Å². The minimum absolute atomic E-state index is 0.0466. The highest BCUT2D eigenvalue weighted by atomic mass is 32.2. The average Bonchev–Trinajstić information content (AvgIpc) is 2.55. The van der Waals surface area contributed by atoms with E-state index in [9.17, 15) is 4.79 Å². The van der Waals surface area contributed by atoms with Crippen molar-refractivity contribution in [3.8, 4) is 5.75 Å². The van der Waals surface area contributed by atoms with Crippen molar-refractivity contribution in [2.24, 2.45) is 5.92 Å². The molecule has 1 heterocycles. The molecule has 0 radical (unpaired) electrons. The van der Waals surface area contributed by atoms with Crippen molar-refractivity contribution >= 4 is 11.8 Å². The summed E-state index contributed by atoms with van der Waals surface area (Å²) in [4.78, 5) is 19.7. The van der Waals surface area contributed by atoms with Gasteiger partial charge in [0.2, 0.25) is 0 Å². The highest BCUT2D eigenvalue weighted by Gasteiger charge is 2.11. The molecule has 0 amide bonds. The maximum absolute atomic E-state index is 12.3. The van der Waals surface area contributed by atoms with Crippen LogP contribution in [0.2, 0.25) is 0 Å². The van der Waals surface area contributed by atoms with Gasteiger partial charge in [0.25, 0.3) is 5.56 Å². The molecule has 0 saturated heterocycles. The average molecular weight is 332 g/mol. The summed E-state index contributed by atoms with van der Waals surface area (Å²) >= 11 is 1.45.